The summed E-state index contributed by atoms with van der Waals surface area (Å²) < 4.78 is 41.0. The third-order valence-corrected chi connectivity index (χ3v) is 3.83. The Labute approximate surface area is 124 Å². The molecule has 0 aliphatic rings. The number of aliphatic hydroxyl groups is 1. The van der Waals surface area contributed by atoms with E-state index in [2.05, 4.69) is 31.9 Å². The van der Waals surface area contributed by atoms with Gasteiger partial charge in [0.05, 0.1) is 8.95 Å². The predicted octanol–water partition coefficient (Wildman–Crippen LogP) is 4.71. The van der Waals surface area contributed by atoms with Gasteiger partial charge >= 0.3 is 0 Å². The van der Waals surface area contributed by atoms with Gasteiger partial charge in [0, 0.05) is 11.1 Å². The Morgan fingerprint density at radius 3 is 2.26 bits per heavy atom. The van der Waals surface area contributed by atoms with E-state index in [9.17, 15) is 18.3 Å². The molecule has 2 aromatic rings. The second-order valence-electron chi connectivity index (χ2n) is 3.83. The topological polar surface area (TPSA) is 20.2 Å². The number of rotatable bonds is 2. The molecule has 2 rings (SSSR count). The Balaban J connectivity index is 2.53. The lowest BCUT2D eigenvalue weighted by Gasteiger charge is -2.14. The summed E-state index contributed by atoms with van der Waals surface area (Å²) >= 11 is 5.80. The average molecular weight is 396 g/mol. The molecule has 0 heterocycles. The zero-order chi connectivity index (χ0) is 14.2. The number of hydrogen-bond donors (Lipinski definition) is 1. The number of hydrogen-bond acceptors (Lipinski definition) is 1. The molecule has 0 saturated carbocycles. The molecular weight excluding hydrogens is 389 g/mol. The van der Waals surface area contributed by atoms with Crippen LogP contribution in [0.4, 0.5) is 13.2 Å². The average Bonchev–Trinajstić information content (AvgIpc) is 2.36. The minimum Gasteiger partial charge on any atom is -0.383 e. The number of halogens is 5. The first-order valence-electron chi connectivity index (χ1n) is 5.18. The maximum Gasteiger partial charge on any atom is 0.143 e. The van der Waals surface area contributed by atoms with Gasteiger partial charge in [0.2, 0.25) is 0 Å². The van der Waals surface area contributed by atoms with E-state index in [1.165, 1.54) is 18.2 Å². The fourth-order valence-corrected chi connectivity index (χ4v) is 2.34. The van der Waals surface area contributed by atoms with Crippen LogP contribution in [-0.4, -0.2) is 5.11 Å². The molecular formula is C13H7Br2F3O. The summed E-state index contributed by atoms with van der Waals surface area (Å²) in [5, 5.41) is 10.0. The van der Waals surface area contributed by atoms with Crippen LogP contribution in [0.15, 0.2) is 39.3 Å². The van der Waals surface area contributed by atoms with Crippen molar-refractivity contribution < 1.29 is 18.3 Å². The quantitative estimate of drug-likeness (QED) is 0.730. The summed E-state index contributed by atoms with van der Waals surface area (Å²) in [6, 6.07) is 5.99. The third kappa shape index (κ3) is 2.85. The first kappa shape index (κ1) is 14.6. The van der Waals surface area contributed by atoms with Gasteiger partial charge < -0.3 is 5.11 Å². The Morgan fingerprint density at radius 1 is 0.895 bits per heavy atom. The van der Waals surface area contributed by atoms with Crippen LogP contribution in [0.5, 0.6) is 0 Å². The second kappa shape index (κ2) is 5.64. The highest BCUT2D eigenvalue weighted by Crippen LogP contribution is 2.31. The Hall–Kier alpha value is -0.850. The van der Waals surface area contributed by atoms with Crippen LogP contribution in [-0.2, 0) is 0 Å². The van der Waals surface area contributed by atoms with Crippen molar-refractivity contribution in [3.05, 3.63) is 67.9 Å². The van der Waals surface area contributed by atoms with Gasteiger partial charge in [-0.1, -0.05) is 12.1 Å². The molecule has 0 saturated heterocycles. The van der Waals surface area contributed by atoms with Crippen molar-refractivity contribution in [2.75, 3.05) is 0 Å². The zero-order valence-electron chi connectivity index (χ0n) is 9.30. The lowest BCUT2D eigenvalue weighted by atomic mass is 10.0. The predicted molar refractivity (Wildman–Crippen MR) is 72.2 cm³/mol. The summed E-state index contributed by atoms with van der Waals surface area (Å²) in [6.07, 6.45) is -1.58. The van der Waals surface area contributed by atoms with Crippen molar-refractivity contribution >= 4 is 31.9 Å². The molecule has 0 aromatic heterocycles. The lowest BCUT2D eigenvalue weighted by Crippen LogP contribution is -2.06. The molecule has 1 unspecified atom stereocenters. The van der Waals surface area contributed by atoms with Crippen LogP contribution in [0.1, 0.15) is 17.2 Å². The summed E-state index contributed by atoms with van der Waals surface area (Å²) in [4.78, 5) is 0. The van der Waals surface area contributed by atoms with Crippen molar-refractivity contribution in [3.8, 4) is 0 Å². The third-order valence-electron chi connectivity index (χ3n) is 2.61. The fourth-order valence-electron chi connectivity index (χ4n) is 1.65. The van der Waals surface area contributed by atoms with Crippen molar-refractivity contribution in [2.24, 2.45) is 0 Å². The van der Waals surface area contributed by atoms with Crippen LogP contribution in [0, 0.1) is 17.5 Å². The van der Waals surface area contributed by atoms with E-state index in [4.69, 9.17) is 0 Å². The molecule has 2 aromatic carbocycles. The van der Waals surface area contributed by atoms with Crippen LogP contribution >= 0.6 is 31.9 Å². The van der Waals surface area contributed by atoms with Gasteiger partial charge in [-0.25, -0.2) is 13.2 Å². The summed E-state index contributed by atoms with van der Waals surface area (Å²) in [5.74, 6) is -2.26. The second-order valence-corrected chi connectivity index (χ2v) is 5.54. The maximum atomic E-state index is 13.8. The SMILES string of the molecule is OC(c1cc(F)c(Br)cc1F)c1cccc(Br)c1F. The first-order valence-corrected chi connectivity index (χ1v) is 6.77. The number of benzene rings is 2. The monoisotopic (exact) mass is 394 g/mol. The molecule has 0 fully saturated rings. The Kier molecular flexibility index (Phi) is 4.32. The van der Waals surface area contributed by atoms with Crippen molar-refractivity contribution in [3.63, 3.8) is 0 Å². The summed E-state index contributed by atoms with van der Waals surface area (Å²) in [5.41, 5.74) is -0.451. The summed E-state index contributed by atoms with van der Waals surface area (Å²) in [6.45, 7) is 0. The van der Waals surface area contributed by atoms with Crippen molar-refractivity contribution in [1.82, 2.24) is 0 Å². The highest BCUT2D eigenvalue weighted by atomic mass is 79.9. The highest BCUT2D eigenvalue weighted by molar-refractivity contribution is 9.10. The zero-order valence-corrected chi connectivity index (χ0v) is 12.5. The Morgan fingerprint density at radius 2 is 1.58 bits per heavy atom. The van der Waals surface area contributed by atoms with E-state index in [0.717, 1.165) is 12.1 Å². The van der Waals surface area contributed by atoms with E-state index in [-0.39, 0.29) is 20.1 Å². The molecule has 0 bridgehead atoms. The largest absolute Gasteiger partial charge is 0.383 e. The van der Waals surface area contributed by atoms with Gasteiger partial charge in [0.15, 0.2) is 0 Å². The van der Waals surface area contributed by atoms with Crippen LogP contribution in [0.3, 0.4) is 0 Å². The Bertz CT molecular complexity index is 632. The first-order chi connectivity index (χ1) is 8.91. The maximum absolute atomic E-state index is 13.8. The lowest BCUT2D eigenvalue weighted by molar-refractivity contribution is 0.209. The minimum absolute atomic E-state index is 0.0596. The van der Waals surface area contributed by atoms with Gasteiger partial charge in [0.25, 0.3) is 0 Å². The molecule has 0 spiro atoms. The standard InChI is InChI=1S/C13H7Br2F3O/c14-8-3-1-2-6(12(8)18)13(19)7-4-11(17)9(15)5-10(7)16/h1-5,13,19H. The molecule has 19 heavy (non-hydrogen) atoms. The molecule has 100 valence electrons. The molecule has 0 aliphatic carbocycles. The molecule has 1 N–H and O–H groups in total. The normalized spacial score (nSPS) is 12.5. The van der Waals surface area contributed by atoms with E-state index >= 15 is 0 Å². The van der Waals surface area contributed by atoms with Crippen LogP contribution in [0.25, 0.3) is 0 Å². The van der Waals surface area contributed by atoms with E-state index in [1.807, 2.05) is 0 Å². The molecule has 0 aliphatic heterocycles. The van der Waals surface area contributed by atoms with Crippen molar-refractivity contribution in [2.45, 2.75) is 6.10 Å². The molecule has 1 atom stereocenters. The fraction of sp³-hybridized carbons (Fsp3) is 0.0769. The van der Waals surface area contributed by atoms with Gasteiger partial charge in [-0.15, -0.1) is 0 Å². The van der Waals surface area contributed by atoms with Crippen molar-refractivity contribution in [1.29, 1.82) is 0 Å². The smallest absolute Gasteiger partial charge is 0.143 e. The highest BCUT2D eigenvalue weighted by Gasteiger charge is 2.21. The van der Waals surface area contributed by atoms with Gasteiger partial charge in [-0.2, -0.15) is 0 Å². The van der Waals surface area contributed by atoms with E-state index in [1.54, 1.807) is 0 Å². The minimum atomic E-state index is -1.58. The van der Waals surface area contributed by atoms with Gasteiger partial charge in [-0.3, -0.25) is 0 Å². The summed E-state index contributed by atoms with van der Waals surface area (Å²) in [7, 11) is 0. The van der Waals surface area contributed by atoms with E-state index < -0.39 is 23.6 Å². The number of aliphatic hydroxyl groups excluding tert-OH is 1. The molecule has 0 amide bonds. The van der Waals surface area contributed by atoms with Gasteiger partial charge in [-0.05, 0) is 50.1 Å². The van der Waals surface area contributed by atoms with E-state index in [0.29, 0.717) is 0 Å². The van der Waals surface area contributed by atoms with Crippen LogP contribution < -0.4 is 0 Å². The molecule has 6 heteroatoms. The molecule has 0 radical (unpaired) electrons. The van der Waals surface area contributed by atoms with Gasteiger partial charge in [0.1, 0.15) is 23.6 Å². The van der Waals surface area contributed by atoms with Crippen LogP contribution in [0.2, 0.25) is 0 Å². The molecule has 1 nitrogen and oxygen atoms in total.